The molecular weight excluding hydrogens is 230 g/mol. The first-order chi connectivity index (χ1) is 8.81. The van der Waals surface area contributed by atoms with Crippen LogP contribution in [-0.2, 0) is 6.61 Å². The minimum Gasteiger partial charge on any atom is -0.488 e. The van der Waals surface area contributed by atoms with Gasteiger partial charge in [-0.05, 0) is 29.8 Å². The summed E-state index contributed by atoms with van der Waals surface area (Å²) in [5, 5.41) is 11.7. The average Bonchev–Trinajstić information content (AvgIpc) is 2.45. The number of aromatic nitrogens is 1. The van der Waals surface area contributed by atoms with Crippen LogP contribution in [0.1, 0.15) is 11.1 Å². The van der Waals surface area contributed by atoms with Crippen LogP contribution in [-0.4, -0.2) is 16.0 Å². The Labute approximate surface area is 105 Å². The lowest BCUT2D eigenvalue weighted by atomic mass is 10.2. The maximum Gasteiger partial charge on any atom is 0.173 e. The van der Waals surface area contributed by atoms with E-state index in [-0.39, 0.29) is 5.84 Å². The molecule has 0 radical (unpaired) electrons. The van der Waals surface area contributed by atoms with Gasteiger partial charge in [-0.25, -0.2) is 0 Å². The van der Waals surface area contributed by atoms with Crippen LogP contribution < -0.4 is 10.5 Å². The van der Waals surface area contributed by atoms with E-state index in [1.165, 1.54) is 0 Å². The molecule has 5 nitrogen and oxygen atoms in total. The molecule has 1 aromatic heterocycles. The number of hydrogen-bond donors (Lipinski definition) is 2. The van der Waals surface area contributed by atoms with Crippen molar-refractivity contribution in [1.29, 1.82) is 0 Å². The van der Waals surface area contributed by atoms with E-state index in [1.54, 1.807) is 30.6 Å². The summed E-state index contributed by atoms with van der Waals surface area (Å²) in [6.45, 7) is 0.401. The van der Waals surface area contributed by atoms with Crippen LogP contribution in [0, 0.1) is 0 Å². The molecule has 18 heavy (non-hydrogen) atoms. The molecule has 0 atom stereocenters. The largest absolute Gasteiger partial charge is 0.488 e. The van der Waals surface area contributed by atoms with E-state index in [1.807, 2.05) is 18.2 Å². The zero-order valence-corrected chi connectivity index (χ0v) is 9.65. The Kier molecular flexibility index (Phi) is 3.76. The highest BCUT2D eigenvalue weighted by Crippen LogP contribution is 2.18. The summed E-state index contributed by atoms with van der Waals surface area (Å²) >= 11 is 0. The molecule has 0 saturated heterocycles. The summed E-state index contributed by atoms with van der Waals surface area (Å²) in [5.41, 5.74) is 7.14. The molecule has 0 aliphatic rings. The monoisotopic (exact) mass is 243 g/mol. The number of oxime groups is 1. The second kappa shape index (κ2) is 5.67. The third-order valence-electron chi connectivity index (χ3n) is 2.41. The number of nitrogens with two attached hydrogens (primary N) is 1. The molecule has 0 aliphatic heterocycles. The molecule has 0 spiro atoms. The first kappa shape index (κ1) is 11.9. The molecule has 0 aliphatic carbocycles. The third kappa shape index (κ3) is 2.76. The zero-order chi connectivity index (χ0) is 12.8. The van der Waals surface area contributed by atoms with Crippen molar-refractivity contribution in [3.8, 4) is 5.75 Å². The number of ether oxygens (including phenoxy) is 1. The summed E-state index contributed by atoms with van der Waals surface area (Å²) in [6.07, 6.45) is 3.41. The lowest BCUT2D eigenvalue weighted by molar-refractivity contribution is 0.303. The van der Waals surface area contributed by atoms with Gasteiger partial charge in [-0.15, -0.1) is 0 Å². The van der Waals surface area contributed by atoms with Gasteiger partial charge in [-0.2, -0.15) is 0 Å². The topological polar surface area (TPSA) is 80.7 Å². The fraction of sp³-hybridized carbons (Fsp3) is 0.0769. The van der Waals surface area contributed by atoms with Gasteiger partial charge >= 0.3 is 0 Å². The highest BCUT2D eigenvalue weighted by Gasteiger charge is 2.07. The van der Waals surface area contributed by atoms with E-state index in [9.17, 15) is 0 Å². The standard InChI is InChI=1S/C13H13N3O2/c14-13(16-17)11-3-1-2-4-12(11)18-9-10-5-7-15-8-6-10/h1-8,17H,9H2,(H2,14,16). The van der Waals surface area contributed by atoms with Gasteiger partial charge < -0.3 is 15.7 Å². The zero-order valence-electron chi connectivity index (χ0n) is 9.65. The van der Waals surface area contributed by atoms with Crippen LogP contribution in [0.15, 0.2) is 53.9 Å². The van der Waals surface area contributed by atoms with Crippen molar-refractivity contribution in [3.05, 3.63) is 59.9 Å². The van der Waals surface area contributed by atoms with Crippen molar-refractivity contribution in [2.45, 2.75) is 6.61 Å². The van der Waals surface area contributed by atoms with Gasteiger partial charge in [0.25, 0.3) is 0 Å². The van der Waals surface area contributed by atoms with E-state index in [0.717, 1.165) is 5.56 Å². The average molecular weight is 243 g/mol. The number of amidine groups is 1. The van der Waals surface area contributed by atoms with Gasteiger partial charge in [-0.3, -0.25) is 4.98 Å². The third-order valence-corrected chi connectivity index (χ3v) is 2.41. The Balaban J connectivity index is 2.15. The molecule has 0 fully saturated rings. The SMILES string of the molecule is N/C(=N\O)c1ccccc1OCc1ccncc1. The molecule has 0 unspecified atom stereocenters. The summed E-state index contributed by atoms with van der Waals surface area (Å²) in [6, 6.07) is 10.9. The molecule has 5 heteroatoms. The van der Waals surface area contributed by atoms with Crippen molar-refractivity contribution in [3.63, 3.8) is 0 Å². The van der Waals surface area contributed by atoms with Gasteiger partial charge in [0.15, 0.2) is 5.84 Å². The van der Waals surface area contributed by atoms with Gasteiger partial charge in [0, 0.05) is 12.4 Å². The summed E-state index contributed by atoms with van der Waals surface area (Å²) in [5.74, 6) is 0.602. The minimum atomic E-state index is 0.0281. The van der Waals surface area contributed by atoms with Crippen LogP contribution in [0.5, 0.6) is 5.75 Å². The van der Waals surface area contributed by atoms with E-state index in [4.69, 9.17) is 15.7 Å². The van der Waals surface area contributed by atoms with Gasteiger partial charge in [0.05, 0.1) is 5.56 Å². The molecule has 92 valence electrons. The fourth-order valence-electron chi connectivity index (χ4n) is 1.50. The second-order valence-corrected chi connectivity index (χ2v) is 3.63. The Morgan fingerprint density at radius 1 is 1.22 bits per heavy atom. The molecule has 2 aromatic rings. The number of benzene rings is 1. The van der Waals surface area contributed by atoms with Crippen molar-refractivity contribution in [1.82, 2.24) is 4.98 Å². The number of hydrogen-bond acceptors (Lipinski definition) is 4. The molecule has 0 bridgehead atoms. The first-order valence-electron chi connectivity index (χ1n) is 5.40. The summed E-state index contributed by atoms with van der Waals surface area (Å²) < 4.78 is 5.65. The lowest BCUT2D eigenvalue weighted by Gasteiger charge is -2.10. The van der Waals surface area contributed by atoms with Crippen LogP contribution in [0.4, 0.5) is 0 Å². The van der Waals surface area contributed by atoms with E-state index in [0.29, 0.717) is 17.9 Å². The number of para-hydroxylation sites is 1. The Bertz CT molecular complexity index is 541. The highest BCUT2D eigenvalue weighted by molar-refractivity contribution is 5.99. The van der Waals surface area contributed by atoms with E-state index < -0.39 is 0 Å². The van der Waals surface area contributed by atoms with E-state index in [2.05, 4.69) is 10.1 Å². The molecule has 0 amide bonds. The number of pyridine rings is 1. The van der Waals surface area contributed by atoms with Crippen molar-refractivity contribution >= 4 is 5.84 Å². The fourth-order valence-corrected chi connectivity index (χ4v) is 1.50. The van der Waals surface area contributed by atoms with Gasteiger partial charge in [0.2, 0.25) is 0 Å². The maximum absolute atomic E-state index is 8.70. The predicted octanol–water partition coefficient (Wildman–Crippen LogP) is 1.76. The van der Waals surface area contributed by atoms with Crippen molar-refractivity contribution in [2.75, 3.05) is 0 Å². The molecule has 1 heterocycles. The van der Waals surface area contributed by atoms with Crippen molar-refractivity contribution in [2.24, 2.45) is 10.9 Å². The summed E-state index contributed by atoms with van der Waals surface area (Å²) in [7, 11) is 0. The number of rotatable bonds is 4. The number of nitrogens with zero attached hydrogens (tertiary/aromatic N) is 2. The van der Waals surface area contributed by atoms with Crippen molar-refractivity contribution < 1.29 is 9.94 Å². The Hall–Kier alpha value is -2.56. The van der Waals surface area contributed by atoms with Crippen LogP contribution in [0.3, 0.4) is 0 Å². The Morgan fingerprint density at radius 3 is 2.67 bits per heavy atom. The molecule has 2 rings (SSSR count). The summed E-state index contributed by atoms with van der Waals surface area (Å²) in [4.78, 5) is 3.93. The smallest absolute Gasteiger partial charge is 0.173 e. The van der Waals surface area contributed by atoms with Crippen LogP contribution in [0.25, 0.3) is 0 Å². The first-order valence-corrected chi connectivity index (χ1v) is 5.40. The Morgan fingerprint density at radius 2 is 1.94 bits per heavy atom. The lowest BCUT2D eigenvalue weighted by Crippen LogP contribution is -2.14. The highest BCUT2D eigenvalue weighted by atomic mass is 16.5. The minimum absolute atomic E-state index is 0.0281. The molecular formula is C13H13N3O2. The predicted molar refractivity (Wildman–Crippen MR) is 67.5 cm³/mol. The quantitative estimate of drug-likeness (QED) is 0.371. The maximum atomic E-state index is 8.70. The van der Waals surface area contributed by atoms with Crippen LogP contribution >= 0.6 is 0 Å². The van der Waals surface area contributed by atoms with E-state index >= 15 is 0 Å². The molecule has 1 aromatic carbocycles. The van der Waals surface area contributed by atoms with Crippen LogP contribution in [0.2, 0.25) is 0 Å². The van der Waals surface area contributed by atoms with Gasteiger partial charge in [-0.1, -0.05) is 17.3 Å². The normalized spacial score (nSPS) is 11.2. The molecule has 0 saturated carbocycles. The van der Waals surface area contributed by atoms with Gasteiger partial charge in [0.1, 0.15) is 12.4 Å². The second-order valence-electron chi connectivity index (χ2n) is 3.63. The molecule has 3 N–H and O–H groups in total.